The number of hydrogen-bond donors (Lipinski definition) is 1. The molecule has 1 N–H and O–H groups in total. The molecule has 1 saturated heterocycles. The second kappa shape index (κ2) is 9.85. The predicted octanol–water partition coefficient (Wildman–Crippen LogP) is 3.71. The minimum Gasteiger partial charge on any atom is -0.378 e. The Morgan fingerprint density at radius 1 is 1.17 bits per heavy atom. The molecule has 0 spiro atoms. The van der Waals surface area contributed by atoms with Gasteiger partial charge in [-0.15, -0.1) is 0 Å². The van der Waals surface area contributed by atoms with Crippen LogP contribution in [-0.2, 0) is 16.0 Å². The molecule has 2 aliphatic carbocycles. The van der Waals surface area contributed by atoms with Crippen LogP contribution in [0.5, 0.6) is 0 Å². The number of carbonyl (C=O) groups excluding carboxylic acids is 1. The number of allylic oxidation sites excluding steroid dienone is 6. The van der Waals surface area contributed by atoms with E-state index >= 15 is 0 Å². The summed E-state index contributed by atoms with van der Waals surface area (Å²) in [6.45, 7) is 3.90. The van der Waals surface area contributed by atoms with E-state index in [1.165, 1.54) is 17.3 Å². The first-order chi connectivity index (χ1) is 14.7. The minimum atomic E-state index is -0.122. The first-order valence-corrected chi connectivity index (χ1v) is 10.7. The third-order valence-electron chi connectivity index (χ3n) is 5.70. The topological polar surface area (TPSA) is 54.5 Å². The Labute approximate surface area is 177 Å². The summed E-state index contributed by atoms with van der Waals surface area (Å²) in [7, 11) is 0. The Morgan fingerprint density at radius 3 is 2.73 bits per heavy atom. The zero-order valence-electron chi connectivity index (χ0n) is 17.2. The fourth-order valence-electron chi connectivity index (χ4n) is 3.98. The van der Waals surface area contributed by atoms with Crippen LogP contribution in [0.25, 0.3) is 5.57 Å². The quantitative estimate of drug-likeness (QED) is 0.778. The van der Waals surface area contributed by atoms with Gasteiger partial charge in [0.25, 0.3) is 0 Å². The van der Waals surface area contributed by atoms with Crippen LogP contribution in [0.2, 0.25) is 0 Å². The summed E-state index contributed by atoms with van der Waals surface area (Å²) in [5, 5.41) is 2.84. The first kappa shape index (κ1) is 20.5. The van der Waals surface area contributed by atoms with Crippen LogP contribution in [0, 0.1) is 0 Å². The third kappa shape index (κ3) is 5.45. The number of morpholine rings is 1. The summed E-state index contributed by atoms with van der Waals surface area (Å²) in [5.41, 5.74) is 5.31. The van der Waals surface area contributed by atoms with Crippen molar-refractivity contribution in [3.8, 4) is 0 Å². The Bertz CT molecular complexity index is 894. The smallest absolute Gasteiger partial charge is 0.226 e. The largest absolute Gasteiger partial charge is 0.378 e. The van der Waals surface area contributed by atoms with Gasteiger partial charge in [-0.25, -0.2) is 4.39 Å². The van der Waals surface area contributed by atoms with Crippen molar-refractivity contribution in [1.82, 2.24) is 15.2 Å². The lowest BCUT2D eigenvalue weighted by atomic mass is 9.96. The number of ether oxygens (including phenoxy) is 1. The van der Waals surface area contributed by atoms with Crippen molar-refractivity contribution < 1.29 is 13.9 Å². The molecule has 4 rings (SSSR count). The molecule has 1 amide bonds. The average molecular weight is 410 g/mol. The highest BCUT2D eigenvalue weighted by atomic mass is 19.1. The third-order valence-corrected chi connectivity index (χ3v) is 5.70. The van der Waals surface area contributed by atoms with Crippen LogP contribution in [0.15, 0.2) is 59.7 Å². The highest BCUT2D eigenvalue weighted by Gasteiger charge is 2.17. The summed E-state index contributed by atoms with van der Waals surface area (Å²) in [6, 6.07) is 3.95. The Hall–Kier alpha value is -2.73. The Kier molecular flexibility index (Phi) is 6.74. The highest BCUT2D eigenvalue weighted by Crippen LogP contribution is 2.28. The Balaban J connectivity index is 1.29. The number of carbonyl (C=O) groups is 1. The number of nitrogens with zero attached hydrogens (tertiary/aromatic N) is 2. The van der Waals surface area contributed by atoms with Crippen LogP contribution in [0.1, 0.15) is 36.9 Å². The second-order valence-corrected chi connectivity index (χ2v) is 7.85. The van der Waals surface area contributed by atoms with Gasteiger partial charge in [0.15, 0.2) is 0 Å². The molecule has 0 aromatic carbocycles. The van der Waals surface area contributed by atoms with E-state index in [1.807, 2.05) is 24.4 Å². The lowest BCUT2D eigenvalue weighted by molar-refractivity contribution is -0.120. The van der Waals surface area contributed by atoms with Gasteiger partial charge in [-0.1, -0.05) is 18.2 Å². The van der Waals surface area contributed by atoms with Crippen molar-refractivity contribution in [3.05, 3.63) is 71.0 Å². The van der Waals surface area contributed by atoms with Gasteiger partial charge in [0.05, 0.1) is 19.6 Å². The van der Waals surface area contributed by atoms with Gasteiger partial charge in [0.2, 0.25) is 5.91 Å². The molecule has 158 valence electrons. The maximum absolute atomic E-state index is 13.3. The fraction of sp³-hybridized carbons (Fsp3) is 0.417. The van der Waals surface area contributed by atoms with Gasteiger partial charge < -0.3 is 15.0 Å². The Morgan fingerprint density at radius 2 is 2.03 bits per heavy atom. The molecule has 5 nitrogen and oxygen atoms in total. The van der Waals surface area contributed by atoms with Gasteiger partial charge in [-0.3, -0.25) is 9.78 Å². The van der Waals surface area contributed by atoms with E-state index in [4.69, 9.17) is 4.74 Å². The predicted molar refractivity (Wildman–Crippen MR) is 115 cm³/mol. The SMILES string of the molecule is O=C(Cc1ccc(C2=CC=C(N3CCOCC3)CC2)cn1)NCC1=CCCC(F)=C1. The summed E-state index contributed by atoms with van der Waals surface area (Å²) in [6.07, 6.45) is 13.1. The summed E-state index contributed by atoms with van der Waals surface area (Å²) < 4.78 is 18.7. The van der Waals surface area contributed by atoms with Crippen molar-refractivity contribution in [2.75, 3.05) is 32.8 Å². The lowest BCUT2D eigenvalue weighted by Crippen LogP contribution is -2.35. The molecule has 30 heavy (non-hydrogen) atoms. The average Bonchev–Trinajstić information content (AvgIpc) is 2.79. The number of aromatic nitrogens is 1. The zero-order valence-corrected chi connectivity index (χ0v) is 17.2. The normalized spacial score (nSPS) is 19.4. The lowest BCUT2D eigenvalue weighted by Gasteiger charge is -2.32. The van der Waals surface area contributed by atoms with Crippen molar-refractivity contribution in [1.29, 1.82) is 0 Å². The van der Waals surface area contributed by atoms with Gasteiger partial charge in [-0.05, 0) is 54.2 Å². The molecule has 6 heteroatoms. The molecule has 3 aliphatic rings. The number of rotatable bonds is 6. The number of nitrogens with one attached hydrogen (secondary N) is 1. The van der Waals surface area contributed by atoms with Crippen LogP contribution in [0.3, 0.4) is 0 Å². The summed E-state index contributed by atoms with van der Waals surface area (Å²) >= 11 is 0. The van der Waals surface area contributed by atoms with Gasteiger partial charge in [0, 0.05) is 43.6 Å². The van der Waals surface area contributed by atoms with Crippen LogP contribution in [0.4, 0.5) is 4.39 Å². The monoisotopic (exact) mass is 409 g/mol. The molecule has 0 atom stereocenters. The van der Waals surface area contributed by atoms with E-state index in [2.05, 4.69) is 27.4 Å². The molecule has 1 aromatic heterocycles. The molecule has 0 unspecified atom stereocenters. The number of hydrogen-bond acceptors (Lipinski definition) is 4. The van der Waals surface area contributed by atoms with Crippen molar-refractivity contribution in [3.63, 3.8) is 0 Å². The summed E-state index contributed by atoms with van der Waals surface area (Å²) in [5.74, 6) is -0.228. The maximum Gasteiger partial charge on any atom is 0.226 e. The van der Waals surface area contributed by atoms with Gasteiger partial charge in [-0.2, -0.15) is 0 Å². The highest BCUT2D eigenvalue weighted by molar-refractivity contribution is 5.78. The van der Waals surface area contributed by atoms with E-state index in [1.54, 1.807) is 0 Å². The molecule has 2 heterocycles. The van der Waals surface area contributed by atoms with E-state index < -0.39 is 0 Å². The standard InChI is InChI=1S/C24H28FN3O2/c25-21-3-1-2-18(14-21)16-27-24(29)15-22-7-4-20(17-26-22)19-5-8-23(9-6-19)28-10-12-30-13-11-28/h2,4-5,7-8,14,17H,1,3,6,9-13,15-16H2,(H,27,29). The molecule has 1 aromatic rings. The van der Waals surface area contributed by atoms with Gasteiger partial charge in [0.1, 0.15) is 5.83 Å². The van der Waals surface area contributed by atoms with Crippen molar-refractivity contribution in [2.45, 2.75) is 32.1 Å². The van der Waals surface area contributed by atoms with E-state index in [0.717, 1.165) is 56.0 Å². The van der Waals surface area contributed by atoms with Crippen molar-refractivity contribution in [2.24, 2.45) is 0 Å². The van der Waals surface area contributed by atoms with Crippen LogP contribution in [-0.4, -0.2) is 48.6 Å². The van der Waals surface area contributed by atoms with E-state index in [9.17, 15) is 9.18 Å². The molecule has 1 aliphatic heterocycles. The minimum absolute atomic E-state index is 0.106. The molecule has 0 bridgehead atoms. The first-order valence-electron chi connectivity index (χ1n) is 10.7. The molecule has 0 saturated carbocycles. The van der Waals surface area contributed by atoms with E-state index in [0.29, 0.717) is 19.4 Å². The molecular weight excluding hydrogens is 381 g/mol. The molecule has 0 radical (unpaired) electrons. The second-order valence-electron chi connectivity index (χ2n) is 7.85. The maximum atomic E-state index is 13.3. The summed E-state index contributed by atoms with van der Waals surface area (Å²) in [4.78, 5) is 19.1. The van der Waals surface area contributed by atoms with Crippen LogP contribution < -0.4 is 5.32 Å². The molecule has 1 fully saturated rings. The number of halogens is 1. The van der Waals surface area contributed by atoms with E-state index in [-0.39, 0.29) is 18.2 Å². The number of amides is 1. The fourth-order valence-corrected chi connectivity index (χ4v) is 3.98. The number of pyridine rings is 1. The van der Waals surface area contributed by atoms with Crippen molar-refractivity contribution >= 4 is 11.5 Å². The molecular formula is C24H28FN3O2. The van der Waals surface area contributed by atoms with Crippen LogP contribution >= 0.6 is 0 Å². The zero-order chi connectivity index (χ0) is 20.8. The van der Waals surface area contributed by atoms with Gasteiger partial charge >= 0.3 is 0 Å².